The van der Waals surface area contributed by atoms with Crippen LogP contribution in [0.5, 0.6) is 0 Å². The number of hydrogen-bond acceptors (Lipinski definition) is 5. The van der Waals surface area contributed by atoms with Gasteiger partial charge in [-0.25, -0.2) is 0 Å². The van der Waals surface area contributed by atoms with E-state index >= 15 is 0 Å². The summed E-state index contributed by atoms with van der Waals surface area (Å²) in [7, 11) is 0. The molecule has 2 heterocycles. The number of aromatic nitrogens is 1. The molecule has 5 nitrogen and oxygen atoms in total. The van der Waals surface area contributed by atoms with E-state index in [0.29, 0.717) is 12.1 Å². The van der Waals surface area contributed by atoms with Crippen LogP contribution in [0.15, 0.2) is 23.3 Å². The third-order valence-corrected chi connectivity index (χ3v) is 2.92. The molecule has 1 aromatic heterocycles. The van der Waals surface area contributed by atoms with Crippen LogP contribution >= 0.6 is 0 Å². The lowest BCUT2D eigenvalue weighted by Gasteiger charge is -2.39. The van der Waals surface area contributed by atoms with Gasteiger partial charge in [0.25, 0.3) is 0 Å². The SMILES string of the molecule is CC(C)(O)CC1(N)c2ncccc2N=CC1N. The Hall–Kier alpha value is -1.30. The maximum atomic E-state index is 9.97. The molecule has 0 bridgehead atoms. The van der Waals surface area contributed by atoms with Crippen LogP contribution in [0.2, 0.25) is 0 Å². The van der Waals surface area contributed by atoms with Crippen LogP contribution in [-0.4, -0.2) is 27.9 Å². The van der Waals surface area contributed by atoms with Crippen molar-refractivity contribution in [2.75, 3.05) is 0 Å². The first kappa shape index (κ1) is 12.2. The van der Waals surface area contributed by atoms with Gasteiger partial charge in [0.1, 0.15) is 0 Å². The zero-order valence-electron chi connectivity index (χ0n) is 10.1. The maximum absolute atomic E-state index is 9.97. The van der Waals surface area contributed by atoms with Gasteiger partial charge in [-0.05, 0) is 26.0 Å². The number of rotatable bonds is 2. The van der Waals surface area contributed by atoms with E-state index in [9.17, 15) is 5.11 Å². The lowest BCUT2D eigenvalue weighted by Crippen LogP contribution is -2.58. The first-order valence-corrected chi connectivity index (χ1v) is 5.59. The molecule has 1 aromatic rings. The fourth-order valence-electron chi connectivity index (χ4n) is 2.23. The number of pyridine rings is 1. The molecular weight excluding hydrogens is 216 g/mol. The van der Waals surface area contributed by atoms with Crippen molar-refractivity contribution in [2.45, 2.75) is 37.5 Å². The van der Waals surface area contributed by atoms with Crippen LogP contribution in [-0.2, 0) is 5.54 Å². The minimum Gasteiger partial charge on any atom is -0.390 e. The summed E-state index contributed by atoms with van der Waals surface area (Å²) in [6, 6.07) is 3.20. The molecule has 0 aromatic carbocycles. The summed E-state index contributed by atoms with van der Waals surface area (Å²) >= 11 is 0. The predicted octanol–water partition coefficient (Wildman–Crippen LogP) is 0.440. The Balaban J connectivity index is 2.49. The summed E-state index contributed by atoms with van der Waals surface area (Å²) in [5, 5.41) is 9.97. The molecule has 17 heavy (non-hydrogen) atoms. The highest BCUT2D eigenvalue weighted by Gasteiger charge is 2.42. The van der Waals surface area contributed by atoms with Gasteiger partial charge in [-0.15, -0.1) is 0 Å². The Bertz CT molecular complexity index is 452. The van der Waals surface area contributed by atoms with Gasteiger partial charge < -0.3 is 16.6 Å². The molecule has 2 unspecified atom stereocenters. The lowest BCUT2D eigenvalue weighted by atomic mass is 9.77. The molecule has 5 heteroatoms. The van der Waals surface area contributed by atoms with Crippen LogP contribution < -0.4 is 11.5 Å². The summed E-state index contributed by atoms with van der Waals surface area (Å²) in [6.07, 6.45) is 3.62. The molecule has 0 saturated carbocycles. The molecule has 0 aliphatic carbocycles. The summed E-state index contributed by atoms with van der Waals surface area (Å²) in [5.41, 5.74) is 12.0. The van der Waals surface area contributed by atoms with E-state index in [1.54, 1.807) is 32.3 Å². The molecule has 1 aliphatic rings. The van der Waals surface area contributed by atoms with Gasteiger partial charge in [-0.3, -0.25) is 9.98 Å². The van der Waals surface area contributed by atoms with Crippen LogP contribution in [0, 0.1) is 0 Å². The first-order chi connectivity index (χ1) is 7.83. The highest BCUT2D eigenvalue weighted by molar-refractivity contribution is 5.75. The third-order valence-electron chi connectivity index (χ3n) is 2.92. The molecule has 0 radical (unpaired) electrons. The van der Waals surface area contributed by atoms with Crippen molar-refractivity contribution in [1.29, 1.82) is 0 Å². The molecule has 0 spiro atoms. The van der Waals surface area contributed by atoms with Crippen molar-refractivity contribution in [1.82, 2.24) is 4.98 Å². The molecule has 92 valence electrons. The zero-order valence-corrected chi connectivity index (χ0v) is 10.1. The molecular formula is C12H18N4O. The average Bonchev–Trinajstić information content (AvgIpc) is 2.22. The number of aliphatic imine (C=N–C) groups is 1. The summed E-state index contributed by atoms with van der Waals surface area (Å²) in [6.45, 7) is 3.42. The number of nitrogens with two attached hydrogens (primary N) is 2. The summed E-state index contributed by atoms with van der Waals surface area (Å²) in [4.78, 5) is 8.50. The second-order valence-corrected chi connectivity index (χ2v) is 5.20. The number of fused-ring (bicyclic) bond motifs is 1. The smallest absolute Gasteiger partial charge is 0.0879 e. The van der Waals surface area contributed by atoms with Crippen LogP contribution in [0.25, 0.3) is 0 Å². The van der Waals surface area contributed by atoms with Crippen molar-refractivity contribution in [2.24, 2.45) is 16.5 Å². The van der Waals surface area contributed by atoms with Crippen LogP contribution in [0.3, 0.4) is 0 Å². The van der Waals surface area contributed by atoms with Crippen LogP contribution in [0.1, 0.15) is 26.0 Å². The molecule has 2 rings (SSSR count). The predicted molar refractivity (Wildman–Crippen MR) is 67.1 cm³/mol. The van der Waals surface area contributed by atoms with Crippen molar-refractivity contribution in [3.05, 3.63) is 24.0 Å². The van der Waals surface area contributed by atoms with Crippen molar-refractivity contribution < 1.29 is 5.11 Å². The number of nitrogens with zero attached hydrogens (tertiary/aromatic N) is 2. The Kier molecular flexibility index (Phi) is 2.77. The van der Waals surface area contributed by atoms with E-state index in [4.69, 9.17) is 11.5 Å². The fraction of sp³-hybridized carbons (Fsp3) is 0.500. The van der Waals surface area contributed by atoms with Gasteiger partial charge in [0, 0.05) is 18.8 Å². The first-order valence-electron chi connectivity index (χ1n) is 5.59. The quantitative estimate of drug-likeness (QED) is 0.691. The van der Waals surface area contributed by atoms with E-state index in [2.05, 4.69) is 9.98 Å². The Labute approximate surface area is 101 Å². The van der Waals surface area contributed by atoms with E-state index in [1.807, 2.05) is 6.07 Å². The summed E-state index contributed by atoms with van der Waals surface area (Å²) < 4.78 is 0. The fourth-order valence-corrected chi connectivity index (χ4v) is 2.23. The minimum atomic E-state index is -0.910. The van der Waals surface area contributed by atoms with E-state index < -0.39 is 17.2 Å². The Morgan fingerprint density at radius 2 is 2.24 bits per heavy atom. The topological polar surface area (TPSA) is 97.5 Å². The Morgan fingerprint density at radius 1 is 1.53 bits per heavy atom. The maximum Gasteiger partial charge on any atom is 0.0879 e. The molecule has 2 atom stereocenters. The van der Waals surface area contributed by atoms with Gasteiger partial charge in [0.05, 0.1) is 28.6 Å². The lowest BCUT2D eigenvalue weighted by molar-refractivity contribution is 0.0418. The second kappa shape index (κ2) is 3.87. The summed E-state index contributed by atoms with van der Waals surface area (Å²) in [5.74, 6) is 0. The average molecular weight is 234 g/mol. The van der Waals surface area contributed by atoms with E-state index in [0.717, 1.165) is 5.69 Å². The normalized spacial score (nSPS) is 27.9. The minimum absolute atomic E-state index is 0.331. The van der Waals surface area contributed by atoms with Gasteiger partial charge in [0.15, 0.2) is 0 Å². The van der Waals surface area contributed by atoms with Crippen molar-refractivity contribution in [3.63, 3.8) is 0 Å². The number of aliphatic hydroxyl groups is 1. The molecule has 0 fully saturated rings. The molecule has 0 saturated heterocycles. The molecule has 1 aliphatic heterocycles. The largest absolute Gasteiger partial charge is 0.390 e. The number of hydrogen-bond donors (Lipinski definition) is 3. The third kappa shape index (κ3) is 2.22. The van der Waals surface area contributed by atoms with Gasteiger partial charge in [-0.1, -0.05) is 0 Å². The zero-order chi connectivity index (χ0) is 12.7. The molecule has 0 amide bonds. The highest BCUT2D eigenvalue weighted by atomic mass is 16.3. The Morgan fingerprint density at radius 3 is 2.88 bits per heavy atom. The van der Waals surface area contributed by atoms with Crippen molar-refractivity contribution in [3.8, 4) is 0 Å². The van der Waals surface area contributed by atoms with E-state index in [-0.39, 0.29) is 0 Å². The molecule has 5 N–H and O–H groups in total. The van der Waals surface area contributed by atoms with E-state index in [1.165, 1.54) is 0 Å². The van der Waals surface area contributed by atoms with Crippen LogP contribution in [0.4, 0.5) is 5.69 Å². The van der Waals surface area contributed by atoms with Gasteiger partial charge in [-0.2, -0.15) is 0 Å². The standard InChI is InChI=1S/C12H18N4O/c1-11(2,17)7-12(14)9(13)6-16-8-4-3-5-15-10(8)12/h3-6,9,17H,7,13-14H2,1-2H3. The van der Waals surface area contributed by atoms with Crippen molar-refractivity contribution >= 4 is 11.9 Å². The van der Waals surface area contributed by atoms with Gasteiger partial charge >= 0.3 is 0 Å². The monoisotopic (exact) mass is 234 g/mol. The second-order valence-electron chi connectivity index (χ2n) is 5.20. The highest BCUT2D eigenvalue weighted by Crippen LogP contribution is 2.36. The van der Waals surface area contributed by atoms with Gasteiger partial charge in [0.2, 0.25) is 0 Å².